The third-order valence-corrected chi connectivity index (χ3v) is 11.4. The van der Waals surface area contributed by atoms with E-state index in [0.29, 0.717) is 17.4 Å². The lowest BCUT2D eigenvalue weighted by molar-refractivity contribution is -0.870. The standard InChI is InChI=1S/C50H93N2O6P/c1-6-8-10-12-14-16-18-20-22-24-25-26-27-28-30-32-34-36-38-40-42-44-50(54)51-48(47-58-59(55,56)57-46-45-52(3,4)5)49(53)43-41-39-37-35-33-31-29-23-21-19-17-15-13-11-9-7-2/h18,20,24-25,27-28,33,35,41,43,48-49,53H,6-17,19,21-23,26,29-32,34,36-40,42,44-47H2,1-5H3,(H-,51,54,55,56)/b20-18-,25-24-,28-27-,35-33+,43-41+. The number of rotatable bonds is 43. The summed E-state index contributed by atoms with van der Waals surface area (Å²) in [5.74, 6) is -0.222. The molecule has 0 spiro atoms. The van der Waals surface area contributed by atoms with E-state index in [4.69, 9.17) is 9.05 Å². The third kappa shape index (κ3) is 44.1. The highest BCUT2D eigenvalue weighted by molar-refractivity contribution is 7.45. The molecule has 0 saturated heterocycles. The zero-order chi connectivity index (χ0) is 43.6. The van der Waals surface area contributed by atoms with Crippen LogP contribution >= 0.6 is 7.82 Å². The fraction of sp³-hybridized carbons (Fsp3) is 0.780. The average molecular weight is 849 g/mol. The van der Waals surface area contributed by atoms with Gasteiger partial charge in [0.2, 0.25) is 5.91 Å². The number of amides is 1. The van der Waals surface area contributed by atoms with Gasteiger partial charge in [-0.1, -0.05) is 184 Å². The monoisotopic (exact) mass is 849 g/mol. The van der Waals surface area contributed by atoms with Crippen molar-refractivity contribution in [1.29, 1.82) is 0 Å². The first-order chi connectivity index (χ1) is 28.5. The molecule has 0 aromatic heterocycles. The molecule has 0 radical (unpaired) electrons. The molecule has 344 valence electrons. The van der Waals surface area contributed by atoms with Gasteiger partial charge in [0.15, 0.2) is 0 Å². The van der Waals surface area contributed by atoms with Gasteiger partial charge in [0, 0.05) is 6.42 Å². The number of phosphoric acid groups is 1. The minimum absolute atomic E-state index is 0.0115. The van der Waals surface area contributed by atoms with Crippen molar-refractivity contribution in [2.24, 2.45) is 0 Å². The van der Waals surface area contributed by atoms with E-state index in [9.17, 15) is 19.4 Å². The van der Waals surface area contributed by atoms with E-state index in [0.717, 1.165) is 64.2 Å². The first kappa shape index (κ1) is 57.2. The van der Waals surface area contributed by atoms with Crippen LogP contribution in [0.4, 0.5) is 0 Å². The summed E-state index contributed by atoms with van der Waals surface area (Å²) in [6, 6.07) is -0.912. The maximum absolute atomic E-state index is 12.9. The van der Waals surface area contributed by atoms with Crippen LogP contribution in [-0.2, 0) is 18.4 Å². The molecule has 0 aromatic rings. The summed E-state index contributed by atoms with van der Waals surface area (Å²) >= 11 is 0. The first-order valence-electron chi connectivity index (χ1n) is 24.2. The topological polar surface area (TPSA) is 108 Å². The van der Waals surface area contributed by atoms with E-state index in [1.54, 1.807) is 6.08 Å². The van der Waals surface area contributed by atoms with Gasteiger partial charge in [0.1, 0.15) is 13.2 Å². The van der Waals surface area contributed by atoms with Crippen molar-refractivity contribution >= 4 is 13.7 Å². The Morgan fingerprint density at radius 3 is 1.49 bits per heavy atom. The molecule has 1 amide bonds. The van der Waals surface area contributed by atoms with Crippen LogP contribution in [0.15, 0.2) is 60.8 Å². The predicted molar refractivity (Wildman–Crippen MR) is 251 cm³/mol. The zero-order valence-corrected chi connectivity index (χ0v) is 39.8. The van der Waals surface area contributed by atoms with Crippen LogP contribution in [-0.4, -0.2) is 68.5 Å². The molecule has 2 N–H and O–H groups in total. The molecule has 0 saturated carbocycles. The molecule has 0 fully saturated rings. The van der Waals surface area contributed by atoms with Crippen molar-refractivity contribution in [2.45, 2.75) is 212 Å². The Labute approximate surface area is 364 Å². The van der Waals surface area contributed by atoms with Crippen LogP contribution in [0.3, 0.4) is 0 Å². The summed E-state index contributed by atoms with van der Waals surface area (Å²) < 4.78 is 23.2. The van der Waals surface area contributed by atoms with Crippen LogP contribution in [0.25, 0.3) is 0 Å². The highest BCUT2D eigenvalue weighted by atomic mass is 31.2. The largest absolute Gasteiger partial charge is 0.756 e. The quantitative estimate of drug-likeness (QED) is 0.0274. The second-order valence-corrected chi connectivity index (χ2v) is 18.9. The fourth-order valence-electron chi connectivity index (χ4n) is 6.59. The maximum Gasteiger partial charge on any atom is 0.268 e. The first-order valence-corrected chi connectivity index (χ1v) is 25.6. The molecule has 0 aliphatic carbocycles. The van der Waals surface area contributed by atoms with Gasteiger partial charge in [-0.3, -0.25) is 9.36 Å². The molecule has 3 unspecified atom stereocenters. The van der Waals surface area contributed by atoms with E-state index >= 15 is 0 Å². The molecule has 0 heterocycles. The number of aliphatic hydroxyl groups is 1. The Morgan fingerprint density at radius 2 is 1.00 bits per heavy atom. The number of hydrogen-bond donors (Lipinski definition) is 2. The van der Waals surface area contributed by atoms with Crippen molar-refractivity contribution in [3.05, 3.63) is 60.8 Å². The van der Waals surface area contributed by atoms with Gasteiger partial charge >= 0.3 is 0 Å². The van der Waals surface area contributed by atoms with Crippen molar-refractivity contribution in [3.8, 4) is 0 Å². The highest BCUT2D eigenvalue weighted by Gasteiger charge is 2.23. The number of nitrogens with zero attached hydrogens (tertiary/aromatic N) is 1. The molecular formula is C50H93N2O6P. The van der Waals surface area contributed by atoms with Crippen molar-refractivity contribution < 1.29 is 32.9 Å². The number of allylic oxidation sites excluding steroid dienone is 9. The summed E-state index contributed by atoms with van der Waals surface area (Å²) in [4.78, 5) is 25.3. The second kappa shape index (κ2) is 41.5. The van der Waals surface area contributed by atoms with Gasteiger partial charge in [-0.25, -0.2) is 0 Å². The van der Waals surface area contributed by atoms with Crippen molar-refractivity contribution in [2.75, 3.05) is 40.9 Å². The van der Waals surface area contributed by atoms with Crippen LogP contribution in [0.2, 0.25) is 0 Å². The zero-order valence-electron chi connectivity index (χ0n) is 38.9. The molecule has 0 aromatic carbocycles. The van der Waals surface area contributed by atoms with Gasteiger partial charge in [-0.15, -0.1) is 0 Å². The summed E-state index contributed by atoms with van der Waals surface area (Å²) in [6.07, 6.45) is 54.1. The number of phosphoric ester groups is 1. The number of carbonyl (C=O) groups excluding carboxylic acids is 1. The number of nitrogens with one attached hydrogen (secondary N) is 1. The molecule has 59 heavy (non-hydrogen) atoms. The second-order valence-electron chi connectivity index (χ2n) is 17.5. The molecule has 0 bridgehead atoms. The average Bonchev–Trinajstić information content (AvgIpc) is 3.19. The Hall–Kier alpha value is -1.80. The minimum atomic E-state index is -4.60. The SMILES string of the molecule is CCCCCCC/C=C\C/C=C\C/C=C\CCCCCCCCC(=O)NC(COP(=O)([O-])OCC[N+](C)(C)C)C(O)/C=C/CC/C=C/CCCCCCCCCCCC. The molecule has 0 rings (SSSR count). The van der Waals surface area contributed by atoms with Gasteiger partial charge in [0.25, 0.3) is 7.82 Å². The Bertz CT molecular complexity index is 1140. The number of carbonyl (C=O) groups is 1. The number of quaternary nitrogens is 1. The van der Waals surface area contributed by atoms with Crippen LogP contribution in [0.1, 0.15) is 200 Å². The van der Waals surface area contributed by atoms with Gasteiger partial charge < -0.3 is 28.8 Å². The van der Waals surface area contributed by atoms with Crippen LogP contribution in [0, 0.1) is 0 Å². The van der Waals surface area contributed by atoms with E-state index in [2.05, 4.69) is 67.8 Å². The minimum Gasteiger partial charge on any atom is -0.756 e. The van der Waals surface area contributed by atoms with Gasteiger partial charge in [-0.05, 0) is 70.6 Å². The number of aliphatic hydroxyl groups excluding tert-OH is 1. The summed E-state index contributed by atoms with van der Waals surface area (Å²) in [5, 5.41) is 13.8. The lowest BCUT2D eigenvalue weighted by atomic mass is 10.1. The molecule has 0 aliphatic rings. The maximum atomic E-state index is 12.9. The Balaban J connectivity index is 4.44. The third-order valence-electron chi connectivity index (χ3n) is 10.4. The predicted octanol–water partition coefficient (Wildman–Crippen LogP) is 13.2. The highest BCUT2D eigenvalue weighted by Crippen LogP contribution is 2.38. The molecule has 3 atom stereocenters. The van der Waals surface area contributed by atoms with Crippen LogP contribution < -0.4 is 10.2 Å². The smallest absolute Gasteiger partial charge is 0.268 e. The Kier molecular flexibility index (Phi) is 40.3. The molecule has 8 nitrogen and oxygen atoms in total. The molecular weight excluding hydrogens is 756 g/mol. The normalized spacial score (nSPS) is 14.8. The lowest BCUT2D eigenvalue weighted by Crippen LogP contribution is -2.45. The van der Waals surface area contributed by atoms with E-state index < -0.39 is 26.6 Å². The van der Waals surface area contributed by atoms with E-state index in [1.807, 2.05) is 27.2 Å². The fourth-order valence-corrected chi connectivity index (χ4v) is 7.31. The van der Waals surface area contributed by atoms with Crippen molar-refractivity contribution in [3.63, 3.8) is 0 Å². The molecule has 0 aliphatic heterocycles. The Morgan fingerprint density at radius 1 is 0.593 bits per heavy atom. The molecule has 9 heteroatoms. The van der Waals surface area contributed by atoms with Crippen molar-refractivity contribution in [1.82, 2.24) is 5.32 Å². The summed E-state index contributed by atoms with van der Waals surface area (Å²) in [6.45, 7) is 4.59. The number of unbranched alkanes of at least 4 members (excludes halogenated alkanes) is 22. The van der Waals surface area contributed by atoms with E-state index in [1.165, 1.54) is 116 Å². The van der Waals surface area contributed by atoms with Gasteiger partial charge in [-0.2, -0.15) is 0 Å². The number of likely N-dealkylation sites (N-methyl/N-ethyl adjacent to an activating group) is 1. The summed E-state index contributed by atoms with van der Waals surface area (Å²) in [7, 11) is 1.23. The van der Waals surface area contributed by atoms with Gasteiger partial charge in [0.05, 0.1) is 39.9 Å². The lowest BCUT2D eigenvalue weighted by Gasteiger charge is -2.29. The summed E-state index contributed by atoms with van der Waals surface area (Å²) in [5.41, 5.74) is 0. The van der Waals surface area contributed by atoms with E-state index in [-0.39, 0.29) is 12.5 Å². The number of hydrogen-bond acceptors (Lipinski definition) is 6. The van der Waals surface area contributed by atoms with Crippen LogP contribution in [0.5, 0.6) is 0 Å².